The SMILES string of the molecule is CN(c1cncnc1)c1cc(F)cc(C(=O)Cc2nccs2)c1.Cc1cc(CC(=O)c2cccc(Oc3cccnc3)c2)ccn1.O=C(Cc1ncccc1F)c1cc(Cl)cc(Oc2cncnc2)c1. The molecule has 0 N–H and O–H groups in total. The number of hydrogen-bond acceptors (Lipinski definition) is 15. The molecule has 70 heavy (non-hydrogen) atoms. The predicted octanol–water partition coefficient (Wildman–Crippen LogP) is 11.2. The molecule has 0 saturated heterocycles. The van der Waals surface area contributed by atoms with Crippen molar-refractivity contribution in [2.45, 2.75) is 26.2 Å². The van der Waals surface area contributed by atoms with Crippen LogP contribution in [0.1, 0.15) is 53.0 Å². The fraction of sp³-hybridized carbons (Fsp3) is 0.0962. The van der Waals surface area contributed by atoms with E-state index in [9.17, 15) is 23.2 Å². The van der Waals surface area contributed by atoms with E-state index in [1.165, 1.54) is 79.0 Å². The molecular formula is C52H40ClF2N9O5S. The Morgan fingerprint density at radius 3 is 2.00 bits per heavy atom. The number of Topliss-reactive ketones (excluding diaryl/α,β-unsaturated/α-hetero) is 3. The van der Waals surface area contributed by atoms with E-state index < -0.39 is 11.6 Å². The van der Waals surface area contributed by atoms with Crippen LogP contribution in [0.4, 0.5) is 20.2 Å². The van der Waals surface area contributed by atoms with Crippen LogP contribution in [0.15, 0.2) is 171 Å². The third-order valence-electron chi connectivity index (χ3n) is 9.80. The van der Waals surface area contributed by atoms with Crippen LogP contribution in [0.3, 0.4) is 0 Å². The Morgan fingerprint density at radius 1 is 0.586 bits per heavy atom. The number of ketones is 3. The van der Waals surface area contributed by atoms with Crippen molar-refractivity contribution in [1.29, 1.82) is 0 Å². The molecule has 350 valence electrons. The first-order valence-electron chi connectivity index (χ1n) is 21.2. The fourth-order valence-electron chi connectivity index (χ4n) is 6.46. The minimum atomic E-state index is -0.522. The Hall–Kier alpha value is -8.54. The molecule has 0 aliphatic rings. The predicted molar refractivity (Wildman–Crippen MR) is 260 cm³/mol. The number of benzene rings is 3. The number of rotatable bonds is 15. The van der Waals surface area contributed by atoms with E-state index >= 15 is 0 Å². The number of carbonyl (C=O) groups excluding carboxylic acids is 3. The summed E-state index contributed by atoms with van der Waals surface area (Å²) in [7, 11) is 1.77. The normalized spacial score (nSPS) is 10.4. The fourth-order valence-corrected chi connectivity index (χ4v) is 7.30. The standard InChI is InChI=1S/C19H16N2O2.C17H11ClFN3O2.C16H13FN4OS/c1-14-10-15(7-9-21-14)11-19(22)16-4-2-5-17(12-16)23-18-6-3-8-20-13-18;18-12-4-11(17(23)7-16-15(19)2-1-3-22-16)5-13(6-12)24-14-8-20-10-21-9-14;1-21(14-8-18-10-19-9-14)13-5-11(4-12(17)6-13)15(22)7-16-20-2-3-23-16/h2-10,12-13H,11H2,1H3;1-6,8-10H,7H2;2-6,8-10H,7H2,1H3. The lowest BCUT2D eigenvalue weighted by molar-refractivity contribution is 0.0983. The van der Waals surface area contributed by atoms with Crippen molar-refractivity contribution in [3.05, 3.63) is 226 Å². The molecule has 0 fully saturated rings. The van der Waals surface area contributed by atoms with Gasteiger partial charge in [-0.3, -0.25) is 29.3 Å². The first-order chi connectivity index (χ1) is 33.9. The van der Waals surface area contributed by atoms with Gasteiger partial charge in [-0.2, -0.15) is 0 Å². The molecule has 0 atom stereocenters. The van der Waals surface area contributed by atoms with Gasteiger partial charge < -0.3 is 14.4 Å². The molecule has 0 saturated carbocycles. The number of nitrogens with zero attached hydrogens (tertiary/aromatic N) is 9. The number of ether oxygens (including phenoxy) is 2. The average Bonchev–Trinajstić information content (AvgIpc) is 3.88. The van der Waals surface area contributed by atoms with E-state index in [0.717, 1.165) is 11.3 Å². The number of aromatic nitrogens is 8. The van der Waals surface area contributed by atoms with Crippen LogP contribution >= 0.6 is 22.9 Å². The van der Waals surface area contributed by atoms with Crippen LogP contribution in [-0.4, -0.2) is 64.3 Å². The lowest BCUT2D eigenvalue weighted by Crippen LogP contribution is -2.12. The second kappa shape index (κ2) is 24.5. The second-order valence-electron chi connectivity index (χ2n) is 15.0. The summed E-state index contributed by atoms with van der Waals surface area (Å²) in [4.78, 5) is 70.6. The van der Waals surface area contributed by atoms with Gasteiger partial charge in [-0.05, 0) is 97.4 Å². The maximum Gasteiger partial charge on any atom is 0.169 e. The summed E-state index contributed by atoms with van der Waals surface area (Å²) in [6, 6.07) is 26.2. The molecule has 0 bridgehead atoms. The summed E-state index contributed by atoms with van der Waals surface area (Å²) >= 11 is 7.45. The molecule has 9 rings (SSSR count). The smallest absolute Gasteiger partial charge is 0.169 e. The highest BCUT2D eigenvalue weighted by molar-refractivity contribution is 7.09. The van der Waals surface area contributed by atoms with Gasteiger partial charge >= 0.3 is 0 Å². The zero-order chi connectivity index (χ0) is 49.2. The molecule has 6 aromatic heterocycles. The van der Waals surface area contributed by atoms with E-state index in [2.05, 4.69) is 39.9 Å². The van der Waals surface area contributed by atoms with Crippen molar-refractivity contribution in [3.63, 3.8) is 0 Å². The maximum atomic E-state index is 13.9. The van der Waals surface area contributed by atoms with E-state index in [1.807, 2.05) is 42.6 Å². The minimum Gasteiger partial charge on any atom is -0.456 e. The number of carbonyl (C=O) groups is 3. The Bertz CT molecular complexity index is 3180. The number of anilines is 2. The summed E-state index contributed by atoms with van der Waals surface area (Å²) in [6.07, 6.45) is 17.5. The Morgan fingerprint density at radius 2 is 1.27 bits per heavy atom. The van der Waals surface area contributed by atoms with Gasteiger partial charge in [0.25, 0.3) is 0 Å². The highest BCUT2D eigenvalue weighted by Gasteiger charge is 2.16. The monoisotopic (exact) mass is 975 g/mol. The molecule has 6 heterocycles. The lowest BCUT2D eigenvalue weighted by Gasteiger charge is -2.19. The van der Waals surface area contributed by atoms with Crippen molar-refractivity contribution >= 4 is 51.7 Å². The van der Waals surface area contributed by atoms with Crippen LogP contribution in [0.25, 0.3) is 0 Å². The number of pyridine rings is 3. The summed E-state index contributed by atoms with van der Waals surface area (Å²) in [6.45, 7) is 1.91. The van der Waals surface area contributed by atoms with Crippen molar-refractivity contribution in [1.82, 2.24) is 39.9 Å². The van der Waals surface area contributed by atoms with E-state index in [-0.39, 0.29) is 35.9 Å². The van der Waals surface area contributed by atoms with Crippen molar-refractivity contribution < 1.29 is 32.6 Å². The Balaban J connectivity index is 0.000000155. The first kappa shape index (κ1) is 49.4. The first-order valence-corrected chi connectivity index (χ1v) is 22.4. The Labute approximate surface area is 409 Å². The number of thiazole rings is 1. The van der Waals surface area contributed by atoms with Gasteiger partial charge in [0.05, 0.1) is 55.2 Å². The van der Waals surface area contributed by atoms with Crippen LogP contribution in [0, 0.1) is 18.6 Å². The average molecular weight is 976 g/mol. The van der Waals surface area contributed by atoms with Crippen molar-refractivity contribution in [2.75, 3.05) is 11.9 Å². The number of halogens is 3. The van der Waals surface area contributed by atoms with Gasteiger partial charge in [0.2, 0.25) is 0 Å². The molecule has 9 aromatic rings. The number of hydrogen-bond donors (Lipinski definition) is 0. The van der Waals surface area contributed by atoms with Gasteiger partial charge in [-0.25, -0.2) is 33.7 Å². The van der Waals surface area contributed by atoms with Gasteiger partial charge in [0.1, 0.15) is 46.5 Å². The van der Waals surface area contributed by atoms with Crippen LogP contribution in [0.2, 0.25) is 5.02 Å². The second-order valence-corrected chi connectivity index (χ2v) is 16.4. The highest BCUT2D eigenvalue weighted by Crippen LogP contribution is 2.28. The van der Waals surface area contributed by atoms with Crippen LogP contribution in [-0.2, 0) is 19.3 Å². The van der Waals surface area contributed by atoms with Crippen LogP contribution < -0.4 is 14.4 Å². The topological polar surface area (TPSA) is 176 Å². The summed E-state index contributed by atoms with van der Waals surface area (Å²) in [5, 5.41) is 2.85. The molecule has 0 amide bonds. The van der Waals surface area contributed by atoms with Gasteiger partial charge in [0.15, 0.2) is 23.1 Å². The molecular weight excluding hydrogens is 936 g/mol. The Kier molecular flexibility index (Phi) is 17.3. The van der Waals surface area contributed by atoms with Crippen LogP contribution in [0.5, 0.6) is 23.0 Å². The molecule has 0 spiro atoms. The van der Waals surface area contributed by atoms with Gasteiger partial charge in [0, 0.05) is 76.7 Å². The summed E-state index contributed by atoms with van der Waals surface area (Å²) in [5.74, 6) is 0.613. The molecule has 0 unspecified atom stereocenters. The summed E-state index contributed by atoms with van der Waals surface area (Å²) in [5.41, 5.74) is 4.46. The zero-order valence-electron chi connectivity index (χ0n) is 37.4. The minimum absolute atomic E-state index is 0.0484. The molecule has 0 aliphatic carbocycles. The van der Waals surface area contributed by atoms with Gasteiger partial charge in [-0.15, -0.1) is 11.3 Å². The molecule has 3 aromatic carbocycles. The van der Waals surface area contributed by atoms with Crippen molar-refractivity contribution in [2.24, 2.45) is 0 Å². The molecule has 0 aliphatic heterocycles. The lowest BCUT2D eigenvalue weighted by atomic mass is 10.0. The summed E-state index contributed by atoms with van der Waals surface area (Å²) < 4.78 is 38.8. The maximum absolute atomic E-state index is 13.9. The van der Waals surface area contributed by atoms with Crippen molar-refractivity contribution in [3.8, 4) is 23.0 Å². The van der Waals surface area contributed by atoms with E-state index in [4.69, 9.17) is 21.1 Å². The van der Waals surface area contributed by atoms with E-state index in [1.54, 1.807) is 79.5 Å². The van der Waals surface area contributed by atoms with E-state index in [0.29, 0.717) is 67.5 Å². The van der Waals surface area contributed by atoms with Gasteiger partial charge in [-0.1, -0.05) is 23.7 Å². The molecule has 18 heteroatoms. The largest absolute Gasteiger partial charge is 0.456 e. The quantitative estimate of drug-likeness (QED) is 0.0887. The molecule has 0 radical (unpaired) electrons. The number of aryl methyl sites for hydroxylation is 1. The highest BCUT2D eigenvalue weighted by atomic mass is 35.5. The zero-order valence-corrected chi connectivity index (χ0v) is 39.0. The third kappa shape index (κ3) is 14.7. The molecule has 14 nitrogen and oxygen atoms in total. The third-order valence-corrected chi connectivity index (χ3v) is 10.8.